The van der Waals surface area contributed by atoms with Crippen molar-refractivity contribution in [2.75, 3.05) is 13.2 Å². The van der Waals surface area contributed by atoms with Crippen LogP contribution >= 0.6 is 0 Å². The summed E-state index contributed by atoms with van der Waals surface area (Å²) in [5.41, 5.74) is 0. The number of esters is 1. The number of allylic oxidation sites excluding steroid dienone is 5. The Hall–Kier alpha value is -1.92. The van der Waals surface area contributed by atoms with E-state index in [1.54, 1.807) is 6.08 Å². The number of carbonyl (C=O) groups is 2. The van der Waals surface area contributed by atoms with Gasteiger partial charge in [0.1, 0.15) is 0 Å². The predicted octanol–water partition coefficient (Wildman–Crippen LogP) is 18.0. The van der Waals surface area contributed by atoms with Crippen LogP contribution in [0.2, 0.25) is 0 Å². The maximum Gasteiger partial charge on any atom is 0.305 e. The van der Waals surface area contributed by atoms with Crippen molar-refractivity contribution in [3.63, 3.8) is 0 Å². The van der Waals surface area contributed by atoms with E-state index in [0.29, 0.717) is 19.4 Å². The van der Waals surface area contributed by atoms with E-state index in [4.69, 9.17) is 4.74 Å². The molecule has 0 rings (SSSR count). The molecule has 0 radical (unpaired) electrons. The fourth-order valence-electron chi connectivity index (χ4n) is 8.90. The quantitative estimate of drug-likeness (QED) is 0.0321. The van der Waals surface area contributed by atoms with Crippen molar-refractivity contribution in [1.29, 1.82) is 0 Å². The van der Waals surface area contributed by atoms with Gasteiger partial charge in [-0.25, -0.2) is 0 Å². The van der Waals surface area contributed by atoms with Gasteiger partial charge < -0.3 is 20.3 Å². The number of hydrogen-bond donors (Lipinski definition) is 3. The molecule has 388 valence electrons. The van der Waals surface area contributed by atoms with Gasteiger partial charge in [-0.1, -0.05) is 269 Å². The van der Waals surface area contributed by atoms with Crippen molar-refractivity contribution < 1.29 is 24.5 Å². The summed E-state index contributed by atoms with van der Waals surface area (Å²) < 4.78 is 5.46. The molecular formula is C60H113NO5. The predicted molar refractivity (Wildman–Crippen MR) is 287 cm³/mol. The second kappa shape index (κ2) is 55.7. The number of aliphatic hydroxyl groups is 2. The van der Waals surface area contributed by atoms with Crippen molar-refractivity contribution in [3.05, 3.63) is 36.5 Å². The summed E-state index contributed by atoms with van der Waals surface area (Å²) in [7, 11) is 0. The molecule has 0 aliphatic heterocycles. The van der Waals surface area contributed by atoms with Gasteiger partial charge in [-0.05, 0) is 64.2 Å². The summed E-state index contributed by atoms with van der Waals surface area (Å²) in [5, 5.41) is 23.1. The lowest BCUT2D eigenvalue weighted by molar-refractivity contribution is -0.143. The lowest BCUT2D eigenvalue weighted by Crippen LogP contribution is -2.45. The fraction of sp³-hybridized carbons (Fsp3) is 0.867. The first-order valence-electron chi connectivity index (χ1n) is 29.3. The van der Waals surface area contributed by atoms with E-state index in [1.165, 1.54) is 225 Å². The van der Waals surface area contributed by atoms with Crippen LogP contribution in [0, 0.1) is 0 Å². The van der Waals surface area contributed by atoms with Gasteiger partial charge in [0.2, 0.25) is 5.91 Å². The molecule has 0 saturated carbocycles. The zero-order valence-electron chi connectivity index (χ0n) is 44.2. The maximum absolute atomic E-state index is 12.4. The van der Waals surface area contributed by atoms with E-state index >= 15 is 0 Å². The van der Waals surface area contributed by atoms with E-state index < -0.39 is 12.1 Å². The largest absolute Gasteiger partial charge is 0.466 e. The first-order chi connectivity index (χ1) is 32.5. The highest BCUT2D eigenvalue weighted by molar-refractivity contribution is 5.76. The van der Waals surface area contributed by atoms with Gasteiger partial charge in [0.15, 0.2) is 0 Å². The highest BCUT2D eigenvalue weighted by Gasteiger charge is 2.18. The van der Waals surface area contributed by atoms with E-state index in [1.807, 2.05) is 6.08 Å². The summed E-state index contributed by atoms with van der Waals surface area (Å²) in [4.78, 5) is 24.4. The molecule has 0 aromatic heterocycles. The lowest BCUT2D eigenvalue weighted by atomic mass is 10.0. The smallest absolute Gasteiger partial charge is 0.305 e. The van der Waals surface area contributed by atoms with Crippen molar-refractivity contribution in [1.82, 2.24) is 5.32 Å². The number of rotatable bonds is 54. The third-order valence-corrected chi connectivity index (χ3v) is 13.4. The summed E-state index contributed by atoms with van der Waals surface area (Å²) >= 11 is 0. The Kier molecular flexibility index (Phi) is 54.1. The Bertz CT molecular complexity index is 1070. The summed E-state index contributed by atoms with van der Waals surface area (Å²) in [5.74, 6) is -0.0718. The minimum atomic E-state index is -0.851. The third kappa shape index (κ3) is 51.5. The van der Waals surface area contributed by atoms with Crippen LogP contribution in [0.15, 0.2) is 36.5 Å². The molecule has 0 bridgehead atoms. The minimum Gasteiger partial charge on any atom is -0.466 e. The number of nitrogens with one attached hydrogen (secondary N) is 1. The average molecular weight is 929 g/mol. The fourth-order valence-corrected chi connectivity index (χ4v) is 8.90. The summed E-state index contributed by atoms with van der Waals surface area (Å²) in [6.45, 7) is 4.90. The van der Waals surface area contributed by atoms with Crippen molar-refractivity contribution in [2.45, 2.75) is 321 Å². The molecule has 1 amide bonds. The number of aliphatic hydroxyl groups excluding tert-OH is 2. The zero-order valence-corrected chi connectivity index (χ0v) is 44.2. The van der Waals surface area contributed by atoms with Crippen LogP contribution in [-0.4, -0.2) is 47.4 Å². The molecule has 0 heterocycles. The van der Waals surface area contributed by atoms with Crippen molar-refractivity contribution in [3.8, 4) is 0 Å². The first kappa shape index (κ1) is 64.1. The van der Waals surface area contributed by atoms with Crippen LogP contribution in [0.25, 0.3) is 0 Å². The van der Waals surface area contributed by atoms with Gasteiger partial charge in [0.05, 0.1) is 25.4 Å². The van der Waals surface area contributed by atoms with Crippen LogP contribution in [-0.2, 0) is 14.3 Å². The number of ether oxygens (including phenoxy) is 1. The van der Waals surface area contributed by atoms with E-state index in [-0.39, 0.29) is 18.5 Å². The van der Waals surface area contributed by atoms with Crippen LogP contribution in [0.1, 0.15) is 309 Å². The number of unbranched alkanes of at least 4 members (excludes halogenated alkanes) is 39. The van der Waals surface area contributed by atoms with Gasteiger partial charge in [0.25, 0.3) is 0 Å². The van der Waals surface area contributed by atoms with E-state index in [2.05, 4.69) is 43.5 Å². The Labute approximate surface area is 411 Å². The van der Waals surface area contributed by atoms with E-state index in [9.17, 15) is 19.8 Å². The SMILES string of the molecule is CCCCCCCCCCCCCCC/C=C/C(O)C(CO)NC(=O)CCCCCCCCC/C=C\C/C=C\CCCCCCCCCCCOC(=O)CCCCCCCCCCCCC. The van der Waals surface area contributed by atoms with Gasteiger partial charge in [-0.3, -0.25) is 9.59 Å². The number of hydrogen-bond acceptors (Lipinski definition) is 5. The van der Waals surface area contributed by atoms with Crippen molar-refractivity contribution >= 4 is 11.9 Å². The molecule has 0 spiro atoms. The molecule has 2 unspecified atom stereocenters. The first-order valence-corrected chi connectivity index (χ1v) is 29.3. The van der Waals surface area contributed by atoms with Gasteiger partial charge in [0, 0.05) is 12.8 Å². The Balaban J connectivity index is 3.48. The minimum absolute atomic E-state index is 0.00595. The second-order valence-electron chi connectivity index (χ2n) is 20.0. The summed E-state index contributed by atoms with van der Waals surface area (Å²) in [6.07, 6.45) is 68.8. The van der Waals surface area contributed by atoms with Crippen LogP contribution in [0.3, 0.4) is 0 Å². The molecule has 0 fully saturated rings. The second-order valence-corrected chi connectivity index (χ2v) is 20.0. The number of carbonyl (C=O) groups excluding carboxylic acids is 2. The maximum atomic E-state index is 12.4. The van der Waals surface area contributed by atoms with Gasteiger partial charge in [-0.15, -0.1) is 0 Å². The van der Waals surface area contributed by atoms with Crippen molar-refractivity contribution in [2.24, 2.45) is 0 Å². The molecule has 3 N–H and O–H groups in total. The Morgan fingerprint density at radius 2 is 0.758 bits per heavy atom. The van der Waals surface area contributed by atoms with Crippen LogP contribution < -0.4 is 5.32 Å². The normalized spacial score (nSPS) is 12.8. The Morgan fingerprint density at radius 3 is 1.15 bits per heavy atom. The molecule has 2 atom stereocenters. The molecule has 0 aliphatic carbocycles. The molecule has 0 aromatic rings. The molecule has 6 heteroatoms. The average Bonchev–Trinajstić information content (AvgIpc) is 3.32. The highest BCUT2D eigenvalue weighted by atomic mass is 16.5. The highest BCUT2D eigenvalue weighted by Crippen LogP contribution is 2.16. The molecule has 0 aromatic carbocycles. The van der Waals surface area contributed by atoms with Gasteiger partial charge >= 0.3 is 5.97 Å². The summed E-state index contributed by atoms with van der Waals surface area (Å²) in [6, 6.07) is -0.635. The van der Waals surface area contributed by atoms with Crippen LogP contribution in [0.5, 0.6) is 0 Å². The topological polar surface area (TPSA) is 95.9 Å². The molecule has 6 nitrogen and oxygen atoms in total. The monoisotopic (exact) mass is 928 g/mol. The van der Waals surface area contributed by atoms with E-state index in [0.717, 1.165) is 57.8 Å². The molecular weight excluding hydrogens is 815 g/mol. The lowest BCUT2D eigenvalue weighted by Gasteiger charge is -2.20. The number of amides is 1. The third-order valence-electron chi connectivity index (χ3n) is 13.4. The zero-order chi connectivity index (χ0) is 47.9. The Morgan fingerprint density at radius 1 is 0.424 bits per heavy atom. The van der Waals surface area contributed by atoms with Crippen LogP contribution in [0.4, 0.5) is 0 Å². The van der Waals surface area contributed by atoms with Gasteiger partial charge in [-0.2, -0.15) is 0 Å². The molecule has 0 saturated heterocycles. The standard InChI is InChI=1S/C60H113NO5/c1-3-5-7-9-11-13-15-16-26-29-33-36-40-44-48-52-58(63)57(56-62)61-59(64)53-49-45-41-37-34-30-27-24-22-20-18-17-19-21-23-25-28-31-35-39-43-47-51-55-66-60(65)54-50-46-42-38-32-14-12-10-8-6-4-2/h17,19-20,22,48,52,57-58,62-63H,3-16,18,21,23-47,49-51,53-56H2,1-2H3,(H,61,64)/b19-17-,22-20-,52-48+. The molecule has 0 aliphatic rings. The molecule has 66 heavy (non-hydrogen) atoms.